The van der Waals surface area contributed by atoms with Crippen molar-refractivity contribution in [2.24, 2.45) is 0 Å². The maximum Gasteiger partial charge on any atom is 0.268 e. The fraction of sp³-hybridized carbons (Fsp3) is 0.294. The lowest BCUT2D eigenvalue weighted by molar-refractivity contribution is 0.0938. The molecule has 1 N–H and O–H groups in total. The Hall–Kier alpha value is -2.08. The topological polar surface area (TPSA) is 51.1 Å². The number of carbonyl (C=O) groups is 1. The lowest BCUT2D eigenvalue weighted by Gasteiger charge is -2.14. The summed E-state index contributed by atoms with van der Waals surface area (Å²) in [5, 5.41) is 2.93. The van der Waals surface area contributed by atoms with Crippen molar-refractivity contribution in [2.45, 2.75) is 19.4 Å². The summed E-state index contributed by atoms with van der Waals surface area (Å²) >= 11 is 1.80. The largest absolute Gasteiger partial charge is 0.348 e. The van der Waals surface area contributed by atoms with Gasteiger partial charge in [-0.25, -0.2) is 4.39 Å². The highest BCUT2D eigenvalue weighted by atomic mass is 32.2. The number of amides is 1. The fourth-order valence-electron chi connectivity index (χ4n) is 2.61. The van der Waals surface area contributed by atoms with E-state index in [0.717, 1.165) is 17.9 Å². The summed E-state index contributed by atoms with van der Waals surface area (Å²) in [4.78, 5) is 25.2. The third kappa shape index (κ3) is 3.32. The number of nitrogens with zero attached hydrogens (tertiary/aromatic N) is 1. The van der Waals surface area contributed by atoms with Crippen LogP contribution in [0.3, 0.4) is 0 Å². The van der Waals surface area contributed by atoms with E-state index in [1.165, 1.54) is 28.8 Å². The predicted molar refractivity (Wildman–Crippen MR) is 89.9 cm³/mol. The maximum atomic E-state index is 13.0. The zero-order valence-corrected chi connectivity index (χ0v) is 13.5. The molecule has 3 rings (SSSR count). The van der Waals surface area contributed by atoms with E-state index in [-0.39, 0.29) is 28.9 Å². The molecule has 2 heterocycles. The van der Waals surface area contributed by atoms with Gasteiger partial charge in [0.2, 0.25) is 0 Å². The number of halogens is 1. The maximum absolute atomic E-state index is 13.0. The minimum absolute atomic E-state index is 0.116. The van der Waals surface area contributed by atoms with Gasteiger partial charge in [-0.2, -0.15) is 11.8 Å². The highest BCUT2D eigenvalue weighted by Crippen LogP contribution is 2.17. The molecule has 1 fully saturated rings. The molecule has 1 saturated heterocycles. The molecular formula is C17H17FN2O2S. The Morgan fingerprint density at radius 2 is 2.04 bits per heavy atom. The number of pyridine rings is 1. The molecule has 4 nitrogen and oxygen atoms in total. The van der Waals surface area contributed by atoms with E-state index in [9.17, 15) is 14.0 Å². The molecular weight excluding hydrogens is 315 g/mol. The van der Waals surface area contributed by atoms with E-state index in [0.29, 0.717) is 11.3 Å². The van der Waals surface area contributed by atoms with Crippen LogP contribution in [0.1, 0.15) is 22.3 Å². The van der Waals surface area contributed by atoms with Crippen molar-refractivity contribution in [3.63, 3.8) is 0 Å². The van der Waals surface area contributed by atoms with Gasteiger partial charge in [-0.05, 0) is 55.0 Å². The number of rotatable bonds is 3. The number of benzene rings is 1. The summed E-state index contributed by atoms with van der Waals surface area (Å²) in [6, 6.07) is 7.45. The number of carbonyl (C=O) groups excluding carboxylic acids is 1. The quantitative estimate of drug-likeness (QED) is 0.940. The summed E-state index contributed by atoms with van der Waals surface area (Å²) in [5.41, 5.74) is 0.923. The number of aryl methyl sites for hydroxylation is 1. The first-order valence-corrected chi connectivity index (χ1v) is 8.58. The molecule has 1 aliphatic heterocycles. The average Bonchev–Trinajstić information content (AvgIpc) is 3.01. The number of thioether (sulfide) groups is 1. The Labute approximate surface area is 137 Å². The molecule has 1 amide bonds. The van der Waals surface area contributed by atoms with Crippen LogP contribution in [-0.2, 0) is 0 Å². The Morgan fingerprint density at radius 3 is 2.70 bits per heavy atom. The van der Waals surface area contributed by atoms with Gasteiger partial charge in [0.1, 0.15) is 11.4 Å². The molecule has 2 aromatic rings. The van der Waals surface area contributed by atoms with Crippen molar-refractivity contribution >= 4 is 17.7 Å². The molecule has 0 bridgehead atoms. The SMILES string of the molecule is Cc1ccn(-c2ccc(F)cc2)c(=O)c1C(=O)NC1CCSC1. The molecule has 1 aliphatic rings. The Morgan fingerprint density at radius 1 is 1.30 bits per heavy atom. The standard InChI is InChI=1S/C17H17FN2O2S/c1-11-6-8-20(14-4-2-12(18)3-5-14)17(22)15(11)16(21)19-13-7-9-23-10-13/h2-6,8,13H,7,9-10H2,1H3,(H,19,21). The Kier molecular flexibility index (Phi) is 4.52. The molecule has 1 atom stereocenters. The zero-order chi connectivity index (χ0) is 16.4. The van der Waals surface area contributed by atoms with Gasteiger partial charge in [-0.15, -0.1) is 0 Å². The van der Waals surface area contributed by atoms with Crippen molar-refractivity contribution in [2.75, 3.05) is 11.5 Å². The van der Waals surface area contributed by atoms with Gasteiger partial charge in [0.25, 0.3) is 11.5 Å². The van der Waals surface area contributed by atoms with Crippen LogP contribution in [0.25, 0.3) is 5.69 Å². The Bertz CT molecular complexity index is 780. The van der Waals surface area contributed by atoms with E-state index < -0.39 is 0 Å². The third-order valence-electron chi connectivity index (χ3n) is 3.90. The van der Waals surface area contributed by atoms with Crippen LogP contribution in [0.2, 0.25) is 0 Å². The molecule has 120 valence electrons. The summed E-state index contributed by atoms with van der Waals surface area (Å²) in [5.74, 6) is 1.20. The van der Waals surface area contributed by atoms with Crippen LogP contribution < -0.4 is 10.9 Å². The minimum Gasteiger partial charge on any atom is -0.348 e. The van der Waals surface area contributed by atoms with Crippen molar-refractivity contribution in [1.29, 1.82) is 0 Å². The highest BCUT2D eigenvalue weighted by molar-refractivity contribution is 7.99. The van der Waals surface area contributed by atoms with Gasteiger partial charge in [-0.3, -0.25) is 14.2 Å². The minimum atomic E-state index is -0.389. The highest BCUT2D eigenvalue weighted by Gasteiger charge is 2.22. The first-order chi connectivity index (χ1) is 11.1. The van der Waals surface area contributed by atoms with Crippen LogP contribution in [0.15, 0.2) is 41.3 Å². The molecule has 0 spiro atoms. The average molecular weight is 332 g/mol. The van der Waals surface area contributed by atoms with E-state index in [1.54, 1.807) is 30.9 Å². The second kappa shape index (κ2) is 6.58. The summed E-state index contributed by atoms with van der Waals surface area (Å²) < 4.78 is 14.4. The number of aromatic nitrogens is 1. The Balaban J connectivity index is 1.96. The van der Waals surface area contributed by atoms with Gasteiger partial charge >= 0.3 is 0 Å². The first kappa shape index (κ1) is 15.8. The van der Waals surface area contributed by atoms with Crippen LogP contribution in [0.4, 0.5) is 4.39 Å². The zero-order valence-electron chi connectivity index (χ0n) is 12.7. The van der Waals surface area contributed by atoms with E-state index >= 15 is 0 Å². The lowest BCUT2D eigenvalue weighted by Crippen LogP contribution is -2.39. The fourth-order valence-corrected chi connectivity index (χ4v) is 3.77. The van der Waals surface area contributed by atoms with Crippen molar-refractivity contribution in [1.82, 2.24) is 9.88 Å². The lowest BCUT2D eigenvalue weighted by atomic mass is 10.1. The molecule has 0 radical (unpaired) electrons. The number of hydrogen-bond donors (Lipinski definition) is 1. The van der Waals surface area contributed by atoms with Crippen LogP contribution in [0.5, 0.6) is 0 Å². The first-order valence-electron chi connectivity index (χ1n) is 7.43. The molecule has 6 heteroatoms. The predicted octanol–water partition coefficient (Wildman–Crippen LogP) is 2.52. The van der Waals surface area contributed by atoms with Crippen LogP contribution >= 0.6 is 11.8 Å². The molecule has 0 saturated carbocycles. The number of hydrogen-bond acceptors (Lipinski definition) is 3. The second-order valence-corrected chi connectivity index (χ2v) is 6.71. The van der Waals surface area contributed by atoms with Gasteiger partial charge < -0.3 is 5.32 Å². The molecule has 0 aliphatic carbocycles. The monoisotopic (exact) mass is 332 g/mol. The van der Waals surface area contributed by atoms with Gasteiger partial charge in [0.05, 0.1) is 0 Å². The molecule has 1 aromatic heterocycles. The summed E-state index contributed by atoms with van der Waals surface area (Å²) in [7, 11) is 0. The molecule has 23 heavy (non-hydrogen) atoms. The normalized spacial score (nSPS) is 17.2. The van der Waals surface area contributed by atoms with Gasteiger partial charge in [0, 0.05) is 23.7 Å². The summed E-state index contributed by atoms with van der Waals surface area (Å²) in [6.45, 7) is 1.74. The van der Waals surface area contributed by atoms with Crippen LogP contribution in [-0.4, -0.2) is 28.0 Å². The third-order valence-corrected chi connectivity index (χ3v) is 5.06. The van der Waals surface area contributed by atoms with E-state index in [4.69, 9.17) is 0 Å². The van der Waals surface area contributed by atoms with Crippen molar-refractivity contribution in [3.05, 3.63) is 63.8 Å². The molecule has 1 unspecified atom stereocenters. The molecule has 1 aromatic carbocycles. The van der Waals surface area contributed by atoms with Crippen molar-refractivity contribution < 1.29 is 9.18 Å². The summed E-state index contributed by atoms with van der Waals surface area (Å²) in [6.07, 6.45) is 2.53. The smallest absolute Gasteiger partial charge is 0.268 e. The number of nitrogens with one attached hydrogen (secondary N) is 1. The van der Waals surface area contributed by atoms with Crippen LogP contribution in [0, 0.1) is 12.7 Å². The van der Waals surface area contributed by atoms with E-state index in [2.05, 4.69) is 5.32 Å². The van der Waals surface area contributed by atoms with Gasteiger partial charge in [0.15, 0.2) is 0 Å². The van der Waals surface area contributed by atoms with Gasteiger partial charge in [-0.1, -0.05) is 0 Å². The van der Waals surface area contributed by atoms with E-state index in [1.807, 2.05) is 0 Å². The second-order valence-electron chi connectivity index (χ2n) is 5.56. The van der Waals surface area contributed by atoms with Crippen molar-refractivity contribution in [3.8, 4) is 5.69 Å².